The number of rotatable bonds is 2. The number of phenols is 2. The van der Waals surface area contributed by atoms with Crippen molar-refractivity contribution in [3.8, 4) is 22.6 Å². The van der Waals surface area contributed by atoms with Crippen molar-refractivity contribution < 1.29 is 14.8 Å². The zero-order chi connectivity index (χ0) is 25.2. The predicted molar refractivity (Wildman–Crippen MR) is 148 cm³/mol. The first-order chi connectivity index (χ1) is 16.6. The number of benzene rings is 5. The van der Waals surface area contributed by atoms with Crippen LogP contribution in [0, 0.1) is 0 Å². The Balaban J connectivity index is 0.000000191. The summed E-state index contributed by atoms with van der Waals surface area (Å²) in [4.78, 5) is 0. The minimum absolute atomic E-state index is 0.172. The highest BCUT2D eigenvalue weighted by molar-refractivity contribution is 7.70. The van der Waals surface area contributed by atoms with Crippen molar-refractivity contribution in [2.75, 3.05) is 0 Å². The third kappa shape index (κ3) is 4.81. The topological polar surface area (TPSA) is 83.6 Å². The monoisotopic (exact) mass is 483 g/mol. The van der Waals surface area contributed by atoms with Gasteiger partial charge in [0.05, 0.1) is 0 Å². The molecule has 0 saturated carbocycles. The van der Waals surface area contributed by atoms with Gasteiger partial charge in [-0.1, -0.05) is 112 Å². The van der Waals surface area contributed by atoms with Crippen molar-refractivity contribution in [2.45, 2.75) is 25.9 Å². The van der Waals surface area contributed by atoms with E-state index in [1.807, 2.05) is 112 Å². The molecule has 5 rings (SSSR count). The molecule has 0 heterocycles. The lowest BCUT2D eigenvalue weighted by molar-refractivity contribution is 0.470. The van der Waals surface area contributed by atoms with Crippen LogP contribution < -0.4 is 10.8 Å². The highest BCUT2D eigenvalue weighted by atomic mass is 31.2. The van der Waals surface area contributed by atoms with Crippen LogP contribution in [0.1, 0.15) is 20.8 Å². The van der Waals surface area contributed by atoms with Crippen LogP contribution in [-0.2, 0) is 4.57 Å². The number of nitrogens with two attached hydrogens (primary N) is 1. The maximum absolute atomic E-state index is 12.2. The molecule has 1 atom stereocenters. The van der Waals surface area contributed by atoms with Crippen LogP contribution in [0.5, 0.6) is 11.5 Å². The lowest BCUT2D eigenvalue weighted by Gasteiger charge is -2.27. The minimum atomic E-state index is -2.73. The highest BCUT2D eigenvalue weighted by Gasteiger charge is 2.33. The number of hydrogen-bond acceptors (Lipinski definition) is 3. The van der Waals surface area contributed by atoms with Crippen LogP contribution in [0.2, 0.25) is 0 Å². The zero-order valence-electron chi connectivity index (χ0n) is 20.1. The fourth-order valence-corrected chi connectivity index (χ4v) is 5.47. The van der Waals surface area contributed by atoms with E-state index in [2.05, 4.69) is 0 Å². The SMILES string of the molecule is CC(C)(C)[P@@](N)(=O)c1ccccc1.Oc1ccc2ccccc2c1-c1c(O)ccc2ccccc12. The molecule has 0 amide bonds. The van der Waals surface area contributed by atoms with Gasteiger partial charge in [-0.3, -0.25) is 5.50 Å². The Morgan fingerprint density at radius 2 is 1.00 bits per heavy atom. The first kappa shape index (κ1) is 24.5. The summed E-state index contributed by atoms with van der Waals surface area (Å²) in [5.41, 5.74) is 7.22. The second-order valence-electron chi connectivity index (χ2n) is 9.53. The van der Waals surface area contributed by atoms with E-state index in [0.29, 0.717) is 11.1 Å². The summed E-state index contributed by atoms with van der Waals surface area (Å²) in [6, 6.07) is 32.1. The van der Waals surface area contributed by atoms with Gasteiger partial charge < -0.3 is 14.8 Å². The van der Waals surface area contributed by atoms with E-state index in [0.717, 1.165) is 26.8 Å². The molecular weight excluding hydrogens is 453 g/mol. The summed E-state index contributed by atoms with van der Waals surface area (Å²) in [6.45, 7) is 5.71. The van der Waals surface area contributed by atoms with E-state index in [1.165, 1.54) is 0 Å². The molecule has 5 heteroatoms. The van der Waals surface area contributed by atoms with Crippen LogP contribution in [0.15, 0.2) is 103 Å². The van der Waals surface area contributed by atoms with Gasteiger partial charge in [-0.25, -0.2) is 0 Å². The summed E-state index contributed by atoms with van der Waals surface area (Å²) >= 11 is 0. The Morgan fingerprint density at radius 3 is 1.43 bits per heavy atom. The van der Waals surface area contributed by atoms with E-state index in [-0.39, 0.29) is 16.7 Å². The first-order valence-electron chi connectivity index (χ1n) is 11.5. The van der Waals surface area contributed by atoms with Gasteiger partial charge in [-0.05, 0) is 33.7 Å². The van der Waals surface area contributed by atoms with Crippen molar-refractivity contribution in [1.82, 2.24) is 0 Å². The molecule has 0 fully saturated rings. The number of hydrogen-bond donors (Lipinski definition) is 3. The average Bonchev–Trinajstić information content (AvgIpc) is 2.85. The van der Waals surface area contributed by atoms with Crippen molar-refractivity contribution in [3.05, 3.63) is 103 Å². The standard InChI is InChI=1S/C20H14O2.C10H16NOP/c21-17-11-9-13-5-1-3-7-15(13)19(17)20-16-8-4-2-6-14(16)10-12-18(20)22;1-10(2,3)13(11,12)9-7-5-4-6-8-9/h1-12,21-22H;4-8H,1-3H3,(H2,11,12)/t;13-/m.0/s1. The number of fused-ring (bicyclic) bond motifs is 2. The Labute approximate surface area is 206 Å². The zero-order valence-corrected chi connectivity index (χ0v) is 21.0. The smallest absolute Gasteiger partial charge is 0.178 e. The molecule has 4 N–H and O–H groups in total. The molecule has 5 aromatic rings. The van der Waals surface area contributed by atoms with Gasteiger partial charge >= 0.3 is 0 Å². The molecule has 0 aliphatic rings. The van der Waals surface area contributed by atoms with E-state index < -0.39 is 7.29 Å². The summed E-state index contributed by atoms with van der Waals surface area (Å²) < 4.78 is 12.2. The van der Waals surface area contributed by atoms with Gasteiger partial charge in [0.2, 0.25) is 0 Å². The number of aromatic hydroxyl groups is 2. The Morgan fingerprint density at radius 1 is 0.600 bits per heavy atom. The maximum atomic E-state index is 12.2. The Kier molecular flexibility index (Phi) is 6.71. The van der Waals surface area contributed by atoms with Gasteiger partial charge in [0.1, 0.15) is 11.5 Å². The normalized spacial score (nSPS) is 13.1. The summed E-state index contributed by atoms with van der Waals surface area (Å²) in [5.74, 6) is 0.343. The van der Waals surface area contributed by atoms with E-state index in [9.17, 15) is 14.8 Å². The van der Waals surface area contributed by atoms with Crippen LogP contribution >= 0.6 is 7.29 Å². The highest BCUT2D eigenvalue weighted by Crippen LogP contribution is 2.49. The van der Waals surface area contributed by atoms with E-state index in [1.54, 1.807) is 12.1 Å². The largest absolute Gasteiger partial charge is 0.507 e. The molecule has 4 nitrogen and oxygen atoms in total. The summed E-state index contributed by atoms with van der Waals surface area (Å²) in [5, 5.41) is 25.2. The van der Waals surface area contributed by atoms with Crippen LogP contribution in [0.3, 0.4) is 0 Å². The third-order valence-electron chi connectivity index (χ3n) is 6.20. The fourth-order valence-electron chi connectivity index (χ4n) is 4.08. The van der Waals surface area contributed by atoms with Crippen LogP contribution in [0.4, 0.5) is 0 Å². The lowest BCUT2D eigenvalue weighted by atomic mass is 9.92. The molecule has 0 aliphatic heterocycles. The molecule has 0 radical (unpaired) electrons. The predicted octanol–water partition coefficient (Wildman–Crippen LogP) is 7.42. The molecule has 178 valence electrons. The minimum Gasteiger partial charge on any atom is -0.507 e. The first-order valence-corrected chi connectivity index (χ1v) is 13.2. The molecule has 35 heavy (non-hydrogen) atoms. The molecule has 0 saturated heterocycles. The average molecular weight is 484 g/mol. The number of phenolic OH excluding ortho intramolecular Hbond substituents is 2. The Hall–Kier alpha value is -3.59. The maximum Gasteiger partial charge on any atom is 0.178 e. The molecule has 0 spiro atoms. The molecule has 0 aliphatic carbocycles. The third-order valence-corrected chi connectivity index (χ3v) is 9.26. The van der Waals surface area contributed by atoms with Crippen molar-refractivity contribution in [3.63, 3.8) is 0 Å². The van der Waals surface area contributed by atoms with E-state index >= 15 is 0 Å². The van der Waals surface area contributed by atoms with Crippen molar-refractivity contribution in [2.24, 2.45) is 5.50 Å². The second-order valence-corrected chi connectivity index (χ2v) is 12.7. The van der Waals surface area contributed by atoms with Gasteiger partial charge in [0, 0.05) is 21.6 Å². The van der Waals surface area contributed by atoms with Gasteiger partial charge in [-0.2, -0.15) is 0 Å². The molecule has 0 aromatic heterocycles. The van der Waals surface area contributed by atoms with Crippen molar-refractivity contribution in [1.29, 1.82) is 0 Å². The summed E-state index contributed by atoms with van der Waals surface area (Å²) in [7, 11) is -2.73. The van der Waals surface area contributed by atoms with E-state index in [4.69, 9.17) is 5.50 Å². The molecule has 5 aromatic carbocycles. The van der Waals surface area contributed by atoms with Gasteiger partial charge in [0.25, 0.3) is 0 Å². The van der Waals surface area contributed by atoms with Gasteiger partial charge in [0.15, 0.2) is 7.29 Å². The molecule has 0 unspecified atom stereocenters. The van der Waals surface area contributed by atoms with Gasteiger partial charge in [-0.15, -0.1) is 0 Å². The van der Waals surface area contributed by atoms with Crippen LogP contribution in [-0.4, -0.2) is 15.4 Å². The van der Waals surface area contributed by atoms with Crippen LogP contribution in [0.25, 0.3) is 32.7 Å². The second kappa shape index (κ2) is 9.58. The summed E-state index contributed by atoms with van der Waals surface area (Å²) in [6.07, 6.45) is 0. The lowest BCUT2D eigenvalue weighted by Crippen LogP contribution is -2.28. The molecular formula is C30H30NO3P. The quantitative estimate of drug-likeness (QED) is 0.228. The molecule has 0 bridgehead atoms. The Bertz CT molecular complexity index is 1460. The fraction of sp³-hybridized carbons (Fsp3) is 0.133. The van der Waals surface area contributed by atoms with Crippen molar-refractivity contribution >= 4 is 34.1 Å².